The molecule has 0 radical (unpaired) electrons. The maximum atomic E-state index is 12.8. The molecular formula is C19H20N2O4S. The van der Waals surface area contributed by atoms with Crippen LogP contribution in [0.25, 0.3) is 10.9 Å². The lowest BCUT2D eigenvalue weighted by molar-refractivity contribution is -0.153. The zero-order chi connectivity index (χ0) is 18.9. The Hall–Kier alpha value is -2.67. The molecule has 0 atom stereocenters. The van der Waals surface area contributed by atoms with Gasteiger partial charge in [0.1, 0.15) is 5.60 Å². The average molecular weight is 372 g/mol. The smallest absolute Gasteiger partial charge is 0.312 e. The molecule has 3 rings (SSSR count). The quantitative estimate of drug-likeness (QED) is 0.658. The van der Waals surface area contributed by atoms with Gasteiger partial charge in [0.25, 0.3) is 10.0 Å². The fourth-order valence-corrected chi connectivity index (χ4v) is 3.95. The first kappa shape index (κ1) is 18.1. The molecule has 26 heavy (non-hydrogen) atoms. The summed E-state index contributed by atoms with van der Waals surface area (Å²) in [6.07, 6.45) is 2.99. The van der Waals surface area contributed by atoms with Crippen molar-refractivity contribution in [2.24, 2.45) is 0 Å². The van der Waals surface area contributed by atoms with Gasteiger partial charge in [-0.25, -0.2) is 12.4 Å². The molecule has 0 spiro atoms. The summed E-state index contributed by atoms with van der Waals surface area (Å²) in [5, 5.41) is 0.693. The summed E-state index contributed by atoms with van der Waals surface area (Å²) in [5.74, 6) is -0.374. The van der Waals surface area contributed by atoms with Gasteiger partial charge in [-0.05, 0) is 45.0 Å². The summed E-state index contributed by atoms with van der Waals surface area (Å²) in [4.78, 5) is 16.4. The number of esters is 1. The van der Waals surface area contributed by atoms with Crippen LogP contribution in [-0.2, 0) is 26.0 Å². The molecule has 0 bridgehead atoms. The fourth-order valence-electron chi connectivity index (χ4n) is 2.59. The molecule has 0 saturated carbocycles. The molecule has 0 unspecified atom stereocenters. The van der Waals surface area contributed by atoms with E-state index in [2.05, 4.69) is 4.98 Å². The van der Waals surface area contributed by atoms with Crippen molar-refractivity contribution in [3.8, 4) is 0 Å². The molecule has 2 aromatic heterocycles. The number of hydrogen-bond acceptors (Lipinski definition) is 5. The molecule has 0 N–H and O–H groups in total. The van der Waals surface area contributed by atoms with E-state index in [9.17, 15) is 13.2 Å². The normalized spacial score (nSPS) is 12.3. The molecule has 3 aromatic rings. The van der Waals surface area contributed by atoms with Crippen molar-refractivity contribution in [3.63, 3.8) is 0 Å². The number of carbonyl (C=O) groups excluding carboxylic acids is 1. The van der Waals surface area contributed by atoms with Gasteiger partial charge in [0.05, 0.1) is 28.7 Å². The highest BCUT2D eigenvalue weighted by molar-refractivity contribution is 7.90. The summed E-state index contributed by atoms with van der Waals surface area (Å²) < 4.78 is 32.1. The van der Waals surface area contributed by atoms with Crippen LogP contribution in [0.2, 0.25) is 0 Å². The van der Waals surface area contributed by atoms with Crippen LogP contribution in [0.3, 0.4) is 0 Å². The highest BCUT2D eigenvalue weighted by Gasteiger charge is 2.20. The molecule has 0 aliphatic rings. The summed E-state index contributed by atoms with van der Waals surface area (Å²) >= 11 is 0. The van der Waals surface area contributed by atoms with E-state index in [0.29, 0.717) is 16.6 Å². The lowest BCUT2D eigenvalue weighted by Crippen LogP contribution is -2.25. The van der Waals surface area contributed by atoms with Gasteiger partial charge in [0.15, 0.2) is 0 Å². The Morgan fingerprint density at radius 2 is 1.85 bits per heavy atom. The van der Waals surface area contributed by atoms with Crippen molar-refractivity contribution in [2.75, 3.05) is 0 Å². The van der Waals surface area contributed by atoms with Crippen LogP contribution in [0.1, 0.15) is 26.5 Å². The number of nitrogens with zero attached hydrogens (tertiary/aromatic N) is 2. The number of rotatable bonds is 4. The number of pyridine rings is 1. The second-order valence-corrected chi connectivity index (χ2v) is 8.74. The maximum Gasteiger partial charge on any atom is 0.312 e. The minimum atomic E-state index is -3.70. The minimum absolute atomic E-state index is 0.0316. The molecule has 0 aliphatic carbocycles. The van der Waals surface area contributed by atoms with Gasteiger partial charge in [-0.2, -0.15) is 0 Å². The standard InChI is InChI=1S/C19H20N2O4S/c1-19(2,3)25-18(22)12-15-11-14-9-10-21(17(14)13-20-15)26(23,24)16-7-5-4-6-8-16/h4-11,13H,12H2,1-3H3. The van der Waals surface area contributed by atoms with Crippen LogP contribution in [0.5, 0.6) is 0 Å². The number of hydrogen-bond donors (Lipinski definition) is 0. The zero-order valence-electron chi connectivity index (χ0n) is 14.8. The van der Waals surface area contributed by atoms with Crippen molar-refractivity contribution < 1.29 is 17.9 Å². The van der Waals surface area contributed by atoms with Gasteiger partial charge < -0.3 is 4.74 Å². The monoisotopic (exact) mass is 372 g/mol. The number of ether oxygens (including phenoxy) is 1. The lowest BCUT2D eigenvalue weighted by Gasteiger charge is -2.19. The second-order valence-electron chi connectivity index (χ2n) is 6.93. The third-order valence-electron chi connectivity index (χ3n) is 3.64. The SMILES string of the molecule is CC(C)(C)OC(=O)Cc1cc2ccn(S(=O)(=O)c3ccccc3)c2cn1. The van der Waals surface area contributed by atoms with Crippen LogP contribution in [0.4, 0.5) is 0 Å². The Bertz CT molecular complexity index is 1050. The molecule has 6 nitrogen and oxygen atoms in total. The van der Waals surface area contributed by atoms with Crippen LogP contribution in [0.15, 0.2) is 59.8 Å². The van der Waals surface area contributed by atoms with E-state index in [4.69, 9.17) is 4.74 Å². The van der Waals surface area contributed by atoms with Crippen molar-refractivity contribution in [1.29, 1.82) is 0 Å². The summed E-state index contributed by atoms with van der Waals surface area (Å²) in [7, 11) is -3.70. The number of benzene rings is 1. The molecule has 0 amide bonds. The molecule has 136 valence electrons. The Labute approximate surface area is 152 Å². The minimum Gasteiger partial charge on any atom is -0.460 e. The Kier molecular flexibility index (Phi) is 4.58. The summed E-state index contributed by atoms with van der Waals surface area (Å²) in [6, 6.07) is 11.6. The van der Waals surface area contributed by atoms with Crippen molar-refractivity contribution in [1.82, 2.24) is 8.96 Å². The third-order valence-corrected chi connectivity index (χ3v) is 5.35. The van der Waals surface area contributed by atoms with E-state index < -0.39 is 15.6 Å². The lowest BCUT2D eigenvalue weighted by atomic mass is 10.2. The molecule has 2 heterocycles. The van der Waals surface area contributed by atoms with Gasteiger partial charge in [-0.3, -0.25) is 9.78 Å². The largest absolute Gasteiger partial charge is 0.460 e. The molecule has 7 heteroatoms. The van der Waals surface area contributed by atoms with Crippen LogP contribution >= 0.6 is 0 Å². The predicted octanol–water partition coefficient (Wildman–Crippen LogP) is 3.16. The summed E-state index contributed by atoms with van der Waals surface area (Å²) in [6.45, 7) is 5.40. The van der Waals surface area contributed by atoms with Gasteiger partial charge in [-0.1, -0.05) is 18.2 Å². The first-order valence-corrected chi connectivity index (χ1v) is 9.59. The van der Waals surface area contributed by atoms with Gasteiger partial charge in [-0.15, -0.1) is 0 Å². The van der Waals surface area contributed by atoms with Crippen LogP contribution < -0.4 is 0 Å². The van der Waals surface area contributed by atoms with E-state index in [0.717, 1.165) is 0 Å². The Morgan fingerprint density at radius 3 is 2.50 bits per heavy atom. The van der Waals surface area contributed by atoms with E-state index in [1.807, 2.05) is 0 Å². The maximum absolute atomic E-state index is 12.8. The Balaban J connectivity index is 1.92. The van der Waals surface area contributed by atoms with Crippen LogP contribution in [0, 0.1) is 0 Å². The zero-order valence-corrected chi connectivity index (χ0v) is 15.7. The van der Waals surface area contributed by atoms with E-state index in [1.165, 1.54) is 16.4 Å². The van der Waals surface area contributed by atoms with E-state index in [1.54, 1.807) is 63.2 Å². The van der Waals surface area contributed by atoms with E-state index >= 15 is 0 Å². The van der Waals surface area contributed by atoms with Crippen molar-refractivity contribution >= 4 is 26.9 Å². The second kappa shape index (κ2) is 6.57. The van der Waals surface area contributed by atoms with Crippen molar-refractivity contribution in [2.45, 2.75) is 37.7 Å². The third kappa shape index (κ3) is 3.77. The first-order chi connectivity index (χ1) is 12.2. The molecule has 0 fully saturated rings. The molecule has 0 aliphatic heterocycles. The molecule has 1 aromatic carbocycles. The fraction of sp³-hybridized carbons (Fsp3) is 0.263. The number of aromatic nitrogens is 2. The van der Waals surface area contributed by atoms with Gasteiger partial charge in [0.2, 0.25) is 0 Å². The number of carbonyl (C=O) groups is 1. The van der Waals surface area contributed by atoms with Gasteiger partial charge >= 0.3 is 5.97 Å². The van der Waals surface area contributed by atoms with E-state index in [-0.39, 0.29) is 17.3 Å². The van der Waals surface area contributed by atoms with Crippen molar-refractivity contribution in [3.05, 3.63) is 60.6 Å². The molecule has 0 saturated heterocycles. The van der Waals surface area contributed by atoms with Crippen LogP contribution in [-0.4, -0.2) is 28.9 Å². The molecular weight excluding hydrogens is 352 g/mol. The first-order valence-electron chi connectivity index (χ1n) is 8.15. The predicted molar refractivity (Wildman–Crippen MR) is 98.3 cm³/mol. The topological polar surface area (TPSA) is 78.3 Å². The number of fused-ring (bicyclic) bond motifs is 1. The summed E-state index contributed by atoms with van der Waals surface area (Å²) in [5.41, 5.74) is 0.428. The highest BCUT2D eigenvalue weighted by atomic mass is 32.2. The highest BCUT2D eigenvalue weighted by Crippen LogP contribution is 2.22. The van der Waals surface area contributed by atoms with Gasteiger partial charge in [0, 0.05) is 11.6 Å². The Morgan fingerprint density at radius 1 is 1.15 bits per heavy atom. The average Bonchev–Trinajstić information content (AvgIpc) is 2.97.